The third-order valence-corrected chi connectivity index (χ3v) is 7.47. The van der Waals surface area contributed by atoms with Gasteiger partial charge in [0, 0.05) is 24.2 Å². The first kappa shape index (κ1) is 22.0. The van der Waals surface area contributed by atoms with Crippen molar-refractivity contribution >= 4 is 10.0 Å². The van der Waals surface area contributed by atoms with Crippen LogP contribution < -0.4 is 0 Å². The molecule has 1 aliphatic carbocycles. The maximum Gasteiger partial charge on any atom is 0.246 e. The number of nitrogens with zero attached hydrogens (tertiary/aromatic N) is 3. The molecule has 0 radical (unpaired) electrons. The molecule has 1 fully saturated rings. The zero-order valence-corrected chi connectivity index (χ0v) is 18.5. The van der Waals surface area contributed by atoms with Crippen LogP contribution in [-0.2, 0) is 22.0 Å². The largest absolute Gasteiger partial charge is 0.395 e. The van der Waals surface area contributed by atoms with E-state index in [0.29, 0.717) is 12.2 Å². The van der Waals surface area contributed by atoms with Crippen LogP contribution in [-0.4, -0.2) is 46.8 Å². The summed E-state index contributed by atoms with van der Waals surface area (Å²) >= 11 is 0. The van der Waals surface area contributed by atoms with Gasteiger partial charge in [0.1, 0.15) is 4.90 Å². The van der Waals surface area contributed by atoms with Gasteiger partial charge in [-0.1, -0.05) is 70.4 Å². The van der Waals surface area contributed by atoms with Crippen LogP contribution in [0.4, 0.5) is 0 Å². The Hall–Kier alpha value is -1.70. The third kappa shape index (κ3) is 5.08. The first-order valence-corrected chi connectivity index (χ1v) is 11.9. The smallest absolute Gasteiger partial charge is 0.246 e. The molecule has 6 nitrogen and oxygen atoms in total. The van der Waals surface area contributed by atoms with E-state index >= 15 is 0 Å². The van der Waals surface area contributed by atoms with Gasteiger partial charge in [0.05, 0.1) is 18.8 Å². The topological polar surface area (TPSA) is 75.4 Å². The summed E-state index contributed by atoms with van der Waals surface area (Å²) in [5, 5.41) is 14.3. The van der Waals surface area contributed by atoms with Crippen molar-refractivity contribution in [1.82, 2.24) is 14.1 Å². The normalized spacial score (nSPS) is 16.4. The summed E-state index contributed by atoms with van der Waals surface area (Å²) in [6.07, 6.45) is 6.56. The van der Waals surface area contributed by atoms with E-state index < -0.39 is 15.4 Å². The molecule has 1 aliphatic rings. The fraction of sp³-hybridized carbons (Fsp3) is 0.591. The summed E-state index contributed by atoms with van der Waals surface area (Å²) in [4.78, 5) is 0.264. The lowest BCUT2D eigenvalue weighted by Gasteiger charge is -2.33. The van der Waals surface area contributed by atoms with Crippen LogP contribution in [0.2, 0.25) is 0 Å². The maximum absolute atomic E-state index is 13.7. The average molecular weight is 420 g/mol. The predicted octanol–water partition coefficient (Wildman–Crippen LogP) is 3.54. The Bertz CT molecular complexity index is 895. The van der Waals surface area contributed by atoms with Gasteiger partial charge in [-0.25, -0.2) is 8.42 Å². The van der Waals surface area contributed by atoms with E-state index in [0.717, 1.165) is 37.7 Å². The third-order valence-electron chi connectivity index (χ3n) is 5.51. The Morgan fingerprint density at radius 1 is 1.14 bits per heavy atom. The minimum absolute atomic E-state index is 0.0498. The number of sulfonamides is 1. The van der Waals surface area contributed by atoms with Gasteiger partial charge in [0.2, 0.25) is 10.0 Å². The summed E-state index contributed by atoms with van der Waals surface area (Å²) in [5.41, 5.74) is 1.23. The first-order chi connectivity index (χ1) is 13.7. The van der Waals surface area contributed by atoms with Crippen molar-refractivity contribution in [2.45, 2.75) is 75.8 Å². The van der Waals surface area contributed by atoms with Gasteiger partial charge in [0.15, 0.2) is 0 Å². The van der Waals surface area contributed by atoms with Crippen LogP contribution in [0.1, 0.15) is 64.1 Å². The molecule has 0 unspecified atom stereocenters. The fourth-order valence-corrected chi connectivity index (χ4v) is 6.08. The second kappa shape index (κ2) is 8.98. The van der Waals surface area contributed by atoms with Crippen LogP contribution in [0, 0.1) is 0 Å². The standard InChI is InChI=1S/C22H33N3O3S/c1-22(2,3)21-20(17-24(23-21)16-18-10-6-4-7-11-18)29(27,28)25(14-15-26)19-12-8-5-9-13-19/h4,6-7,10-11,17,19,26H,5,8-9,12-16H2,1-3H3. The van der Waals surface area contributed by atoms with Gasteiger partial charge in [-0.15, -0.1) is 0 Å². The van der Waals surface area contributed by atoms with Gasteiger partial charge in [0.25, 0.3) is 0 Å². The maximum atomic E-state index is 13.7. The summed E-state index contributed by atoms with van der Waals surface area (Å²) < 4.78 is 30.7. The molecule has 1 heterocycles. The zero-order valence-electron chi connectivity index (χ0n) is 17.7. The molecule has 1 N–H and O–H groups in total. The van der Waals surface area contributed by atoms with Gasteiger partial charge in [-0.3, -0.25) is 4.68 Å². The molecular weight excluding hydrogens is 386 g/mol. The van der Waals surface area contributed by atoms with Crippen LogP contribution in [0.3, 0.4) is 0 Å². The number of aliphatic hydroxyl groups excluding tert-OH is 1. The Balaban J connectivity index is 2.01. The Labute approximate surface area is 174 Å². The molecule has 0 spiro atoms. The van der Waals surface area contributed by atoms with E-state index in [1.807, 2.05) is 51.1 Å². The first-order valence-electron chi connectivity index (χ1n) is 10.5. The molecule has 1 aromatic heterocycles. The highest BCUT2D eigenvalue weighted by atomic mass is 32.2. The molecule has 0 bridgehead atoms. The van der Waals surface area contributed by atoms with E-state index in [1.165, 1.54) is 4.31 Å². The second-order valence-electron chi connectivity index (χ2n) is 8.91. The lowest BCUT2D eigenvalue weighted by atomic mass is 9.92. The van der Waals surface area contributed by atoms with Crippen LogP contribution >= 0.6 is 0 Å². The highest BCUT2D eigenvalue weighted by Gasteiger charge is 2.37. The summed E-state index contributed by atoms with van der Waals surface area (Å²) in [6.45, 7) is 6.41. The number of aromatic nitrogens is 2. The molecule has 1 saturated carbocycles. The number of aliphatic hydroxyl groups is 1. The Kier molecular flexibility index (Phi) is 6.81. The minimum atomic E-state index is -3.76. The van der Waals surface area contributed by atoms with Gasteiger partial charge >= 0.3 is 0 Å². The molecular formula is C22H33N3O3S. The molecule has 29 heavy (non-hydrogen) atoms. The van der Waals surface area contributed by atoms with E-state index in [9.17, 15) is 13.5 Å². The van der Waals surface area contributed by atoms with Crippen molar-refractivity contribution in [2.75, 3.05) is 13.2 Å². The van der Waals surface area contributed by atoms with Crippen LogP contribution in [0.25, 0.3) is 0 Å². The number of benzene rings is 1. The van der Waals surface area contributed by atoms with E-state index in [-0.39, 0.29) is 24.1 Å². The van der Waals surface area contributed by atoms with Crippen molar-refractivity contribution in [3.8, 4) is 0 Å². The Morgan fingerprint density at radius 2 is 1.79 bits per heavy atom. The van der Waals surface area contributed by atoms with Crippen molar-refractivity contribution in [1.29, 1.82) is 0 Å². The molecule has 160 valence electrons. The number of hydrogen-bond acceptors (Lipinski definition) is 4. The molecule has 0 amide bonds. The zero-order chi connectivity index (χ0) is 21.1. The summed E-state index contributed by atoms with van der Waals surface area (Å²) in [6, 6.07) is 9.85. The van der Waals surface area contributed by atoms with Crippen molar-refractivity contribution in [3.05, 3.63) is 47.8 Å². The lowest BCUT2D eigenvalue weighted by molar-refractivity contribution is 0.199. The molecule has 0 aliphatic heterocycles. The highest BCUT2D eigenvalue weighted by molar-refractivity contribution is 7.89. The van der Waals surface area contributed by atoms with Gasteiger partial charge in [-0.2, -0.15) is 9.40 Å². The van der Waals surface area contributed by atoms with E-state index in [1.54, 1.807) is 10.9 Å². The fourth-order valence-electron chi connectivity index (χ4n) is 4.06. The minimum Gasteiger partial charge on any atom is -0.395 e. The molecule has 7 heteroatoms. The quantitative estimate of drug-likeness (QED) is 0.745. The second-order valence-corrected chi connectivity index (χ2v) is 10.8. The van der Waals surface area contributed by atoms with Crippen molar-refractivity contribution in [3.63, 3.8) is 0 Å². The SMILES string of the molecule is CC(C)(C)c1nn(Cc2ccccc2)cc1S(=O)(=O)N(CCO)C1CCCCC1. The lowest BCUT2D eigenvalue weighted by Crippen LogP contribution is -2.43. The van der Waals surface area contributed by atoms with E-state index in [4.69, 9.17) is 0 Å². The van der Waals surface area contributed by atoms with Crippen LogP contribution in [0.15, 0.2) is 41.4 Å². The number of hydrogen-bond donors (Lipinski definition) is 1. The Morgan fingerprint density at radius 3 is 2.38 bits per heavy atom. The molecule has 0 saturated heterocycles. The van der Waals surface area contributed by atoms with E-state index in [2.05, 4.69) is 5.10 Å². The molecule has 1 aromatic carbocycles. The van der Waals surface area contributed by atoms with Crippen molar-refractivity contribution in [2.24, 2.45) is 0 Å². The number of rotatable bonds is 7. The summed E-state index contributed by atoms with van der Waals surface area (Å²) in [5.74, 6) is 0. The molecule has 0 atom stereocenters. The highest BCUT2D eigenvalue weighted by Crippen LogP contribution is 2.33. The van der Waals surface area contributed by atoms with Crippen molar-refractivity contribution < 1.29 is 13.5 Å². The average Bonchev–Trinajstić information content (AvgIpc) is 3.13. The predicted molar refractivity (Wildman–Crippen MR) is 114 cm³/mol. The molecule has 2 aromatic rings. The summed E-state index contributed by atoms with van der Waals surface area (Å²) in [7, 11) is -3.76. The monoisotopic (exact) mass is 419 g/mol. The van der Waals surface area contributed by atoms with Gasteiger partial charge < -0.3 is 5.11 Å². The van der Waals surface area contributed by atoms with Gasteiger partial charge in [-0.05, 0) is 18.4 Å². The molecule has 3 rings (SSSR count). The van der Waals surface area contributed by atoms with Crippen LogP contribution in [0.5, 0.6) is 0 Å².